The molecule has 2 N–H and O–H groups in total. The van der Waals surface area contributed by atoms with E-state index in [4.69, 9.17) is 4.74 Å². The van der Waals surface area contributed by atoms with E-state index in [0.717, 1.165) is 32.2 Å². The van der Waals surface area contributed by atoms with E-state index in [-0.39, 0.29) is 17.9 Å². The fourth-order valence-corrected chi connectivity index (χ4v) is 1.98. The Morgan fingerprint density at radius 1 is 1.20 bits per heavy atom. The Hall–Kier alpha value is -0.940. The van der Waals surface area contributed by atoms with Gasteiger partial charge in [-0.2, -0.15) is 0 Å². The van der Waals surface area contributed by atoms with Crippen molar-refractivity contribution in [2.75, 3.05) is 13.2 Å². The second-order valence-corrected chi connectivity index (χ2v) is 4.00. The quantitative estimate of drug-likeness (QED) is 0.609. The summed E-state index contributed by atoms with van der Waals surface area (Å²) in [6, 6.07) is -0.199. The van der Waals surface area contributed by atoms with Crippen LogP contribution in [-0.2, 0) is 14.3 Å². The van der Waals surface area contributed by atoms with Gasteiger partial charge >= 0.3 is 0 Å². The van der Waals surface area contributed by atoms with Crippen molar-refractivity contribution in [3.63, 3.8) is 0 Å². The largest absolute Gasteiger partial charge is 0.368 e. The predicted octanol–water partition coefficient (Wildman–Crippen LogP) is -0.440. The number of hydrogen-bond donors (Lipinski definition) is 2. The molecule has 0 aromatic rings. The molecule has 0 bridgehead atoms. The van der Waals surface area contributed by atoms with Gasteiger partial charge in [0.15, 0.2) is 0 Å². The van der Waals surface area contributed by atoms with E-state index >= 15 is 0 Å². The first-order valence-corrected chi connectivity index (χ1v) is 5.47. The van der Waals surface area contributed by atoms with Gasteiger partial charge in [-0.3, -0.25) is 14.9 Å². The number of imide groups is 1. The van der Waals surface area contributed by atoms with E-state index in [9.17, 15) is 9.59 Å². The lowest BCUT2D eigenvalue weighted by atomic mass is 10.2. The van der Waals surface area contributed by atoms with Crippen molar-refractivity contribution in [2.45, 2.75) is 37.8 Å². The van der Waals surface area contributed by atoms with Crippen molar-refractivity contribution in [2.24, 2.45) is 0 Å². The lowest BCUT2D eigenvalue weighted by Crippen LogP contribution is -2.46. The normalized spacial score (nSPS) is 30.4. The van der Waals surface area contributed by atoms with E-state index in [2.05, 4.69) is 10.6 Å². The zero-order valence-corrected chi connectivity index (χ0v) is 8.62. The Bertz CT molecular complexity index is 229. The van der Waals surface area contributed by atoms with Crippen LogP contribution >= 0.6 is 0 Å². The fraction of sp³-hybridized carbons (Fsp3) is 0.800. The average Bonchev–Trinajstić information content (AvgIpc) is 2.91. The molecule has 1 unspecified atom stereocenters. The molecule has 0 radical (unpaired) electrons. The zero-order valence-electron chi connectivity index (χ0n) is 8.62. The molecule has 0 aromatic heterocycles. The summed E-state index contributed by atoms with van der Waals surface area (Å²) in [4.78, 5) is 23.1. The van der Waals surface area contributed by atoms with Crippen LogP contribution in [0.5, 0.6) is 0 Å². The monoisotopic (exact) mass is 212 g/mol. The SMILES string of the molecule is O=C(NC(=O)[C@H]1CCCO1)C1CCCN1. The summed E-state index contributed by atoms with van der Waals surface area (Å²) in [5, 5.41) is 5.45. The third-order valence-electron chi connectivity index (χ3n) is 2.85. The molecule has 2 atom stereocenters. The van der Waals surface area contributed by atoms with Gasteiger partial charge in [0.2, 0.25) is 5.91 Å². The third kappa shape index (κ3) is 2.54. The second-order valence-electron chi connectivity index (χ2n) is 4.00. The van der Waals surface area contributed by atoms with E-state index in [0.29, 0.717) is 6.61 Å². The highest BCUT2D eigenvalue weighted by atomic mass is 16.5. The number of rotatable bonds is 2. The van der Waals surface area contributed by atoms with Crippen LogP contribution in [0.1, 0.15) is 25.7 Å². The Morgan fingerprint density at radius 2 is 2.07 bits per heavy atom. The number of nitrogens with one attached hydrogen (secondary N) is 2. The van der Waals surface area contributed by atoms with Crippen LogP contribution in [0.15, 0.2) is 0 Å². The molecule has 0 saturated carbocycles. The third-order valence-corrected chi connectivity index (χ3v) is 2.85. The molecule has 2 aliphatic heterocycles. The Morgan fingerprint density at radius 3 is 2.67 bits per heavy atom. The molecule has 5 heteroatoms. The summed E-state index contributed by atoms with van der Waals surface area (Å²) in [6.07, 6.45) is 3.00. The Balaban J connectivity index is 1.79. The average molecular weight is 212 g/mol. The van der Waals surface area contributed by atoms with E-state index in [1.807, 2.05) is 0 Å². The minimum absolute atomic E-state index is 0.199. The van der Waals surface area contributed by atoms with Gasteiger partial charge in [-0.15, -0.1) is 0 Å². The minimum Gasteiger partial charge on any atom is -0.368 e. The standard InChI is InChI=1S/C10H16N2O3/c13-9(7-3-1-5-11-7)12-10(14)8-4-2-6-15-8/h7-8,11H,1-6H2,(H,12,13,14)/t7?,8-/m1/s1. The summed E-state index contributed by atoms with van der Waals surface area (Å²) in [5.41, 5.74) is 0. The molecule has 2 rings (SSSR count). The Labute approximate surface area is 88.5 Å². The van der Waals surface area contributed by atoms with Crippen LogP contribution in [0.25, 0.3) is 0 Å². The van der Waals surface area contributed by atoms with E-state index in [1.54, 1.807) is 0 Å². The highest BCUT2D eigenvalue weighted by Crippen LogP contribution is 2.12. The highest BCUT2D eigenvalue weighted by molar-refractivity contribution is 5.99. The van der Waals surface area contributed by atoms with Gasteiger partial charge in [0.1, 0.15) is 6.10 Å². The smallest absolute Gasteiger partial charge is 0.255 e. The number of carbonyl (C=O) groups is 2. The van der Waals surface area contributed by atoms with Crippen molar-refractivity contribution >= 4 is 11.8 Å². The lowest BCUT2D eigenvalue weighted by Gasteiger charge is -2.12. The molecule has 2 fully saturated rings. The highest BCUT2D eigenvalue weighted by Gasteiger charge is 2.28. The summed E-state index contributed by atoms with van der Waals surface area (Å²) < 4.78 is 5.19. The van der Waals surface area contributed by atoms with Crippen LogP contribution in [0.2, 0.25) is 0 Å². The summed E-state index contributed by atoms with van der Waals surface area (Å²) in [6.45, 7) is 1.47. The van der Waals surface area contributed by atoms with Crippen LogP contribution < -0.4 is 10.6 Å². The van der Waals surface area contributed by atoms with Gasteiger partial charge < -0.3 is 10.1 Å². The van der Waals surface area contributed by atoms with Gasteiger partial charge in [0.25, 0.3) is 5.91 Å². The van der Waals surface area contributed by atoms with Crippen molar-refractivity contribution in [3.8, 4) is 0 Å². The fourth-order valence-electron chi connectivity index (χ4n) is 1.98. The van der Waals surface area contributed by atoms with Crippen LogP contribution in [0.4, 0.5) is 0 Å². The van der Waals surface area contributed by atoms with E-state index < -0.39 is 6.10 Å². The molecule has 2 heterocycles. The van der Waals surface area contributed by atoms with Crippen LogP contribution in [-0.4, -0.2) is 37.1 Å². The van der Waals surface area contributed by atoms with Gasteiger partial charge in [0.05, 0.1) is 6.04 Å². The van der Waals surface area contributed by atoms with Gasteiger partial charge in [0, 0.05) is 6.61 Å². The Kier molecular flexibility index (Phi) is 3.33. The molecule has 15 heavy (non-hydrogen) atoms. The first-order chi connectivity index (χ1) is 7.27. The van der Waals surface area contributed by atoms with Gasteiger partial charge in [-0.1, -0.05) is 0 Å². The number of amides is 2. The molecular formula is C10H16N2O3. The molecular weight excluding hydrogens is 196 g/mol. The summed E-state index contributed by atoms with van der Waals surface area (Å²) >= 11 is 0. The maximum atomic E-state index is 11.6. The minimum atomic E-state index is -0.421. The van der Waals surface area contributed by atoms with E-state index in [1.165, 1.54) is 0 Å². The van der Waals surface area contributed by atoms with Gasteiger partial charge in [-0.25, -0.2) is 0 Å². The van der Waals surface area contributed by atoms with Crippen LogP contribution in [0, 0.1) is 0 Å². The van der Waals surface area contributed by atoms with Gasteiger partial charge in [-0.05, 0) is 32.2 Å². The van der Waals surface area contributed by atoms with Crippen molar-refractivity contribution < 1.29 is 14.3 Å². The molecule has 0 aliphatic carbocycles. The maximum Gasteiger partial charge on any atom is 0.255 e. The summed E-state index contributed by atoms with van der Waals surface area (Å²) in [7, 11) is 0. The molecule has 0 spiro atoms. The molecule has 2 aliphatic rings. The predicted molar refractivity (Wildman–Crippen MR) is 53.1 cm³/mol. The second kappa shape index (κ2) is 4.72. The number of carbonyl (C=O) groups excluding carboxylic acids is 2. The van der Waals surface area contributed by atoms with Crippen molar-refractivity contribution in [1.29, 1.82) is 0 Å². The number of hydrogen-bond acceptors (Lipinski definition) is 4. The first kappa shape index (κ1) is 10.6. The van der Waals surface area contributed by atoms with Crippen LogP contribution in [0.3, 0.4) is 0 Å². The van der Waals surface area contributed by atoms with Crippen molar-refractivity contribution in [3.05, 3.63) is 0 Å². The van der Waals surface area contributed by atoms with Crippen molar-refractivity contribution in [1.82, 2.24) is 10.6 Å². The molecule has 84 valence electrons. The lowest BCUT2D eigenvalue weighted by molar-refractivity contribution is -0.137. The zero-order chi connectivity index (χ0) is 10.7. The molecule has 0 aromatic carbocycles. The maximum absolute atomic E-state index is 11.6. The first-order valence-electron chi connectivity index (χ1n) is 5.47. The molecule has 5 nitrogen and oxygen atoms in total. The number of ether oxygens (including phenoxy) is 1. The molecule has 2 amide bonds. The topological polar surface area (TPSA) is 67.4 Å². The summed E-state index contributed by atoms with van der Waals surface area (Å²) in [5.74, 6) is -0.501. The molecule has 2 saturated heterocycles.